The fraction of sp³-hybridized carbons (Fsp3) is 0.375. The molecule has 5 heteroatoms. The number of hydrogen-bond acceptors (Lipinski definition) is 3. The van der Waals surface area contributed by atoms with Gasteiger partial charge in [0.25, 0.3) is 0 Å². The lowest BCUT2D eigenvalue weighted by atomic mass is 9.96. The number of aromatic nitrogens is 2. The standard InChI is InChI=1S/C16H19N3O2/c1-2-19-11-17-8-14(19)9-18-16(20)13-7-12-5-3-4-6-15(12)21-10-13/h3-6,8,11,13H,2,7,9-10H2,1H3,(H,18,20). The molecule has 1 aliphatic rings. The van der Waals surface area contributed by atoms with Crippen LogP contribution in [0.4, 0.5) is 0 Å². The van der Waals surface area contributed by atoms with E-state index >= 15 is 0 Å². The summed E-state index contributed by atoms with van der Waals surface area (Å²) in [6, 6.07) is 7.89. The molecule has 21 heavy (non-hydrogen) atoms. The zero-order valence-corrected chi connectivity index (χ0v) is 12.1. The number of nitrogens with one attached hydrogen (secondary N) is 1. The van der Waals surface area contributed by atoms with E-state index in [2.05, 4.69) is 17.2 Å². The largest absolute Gasteiger partial charge is 0.492 e. The van der Waals surface area contributed by atoms with Crippen LogP contribution in [0.15, 0.2) is 36.8 Å². The van der Waals surface area contributed by atoms with Crippen LogP contribution < -0.4 is 10.1 Å². The van der Waals surface area contributed by atoms with Crippen molar-refractivity contribution >= 4 is 5.91 Å². The Morgan fingerprint density at radius 1 is 1.48 bits per heavy atom. The Morgan fingerprint density at radius 2 is 2.33 bits per heavy atom. The monoisotopic (exact) mass is 285 g/mol. The van der Waals surface area contributed by atoms with Gasteiger partial charge < -0.3 is 14.6 Å². The highest BCUT2D eigenvalue weighted by molar-refractivity contribution is 5.79. The van der Waals surface area contributed by atoms with Crippen LogP contribution in [-0.2, 0) is 24.3 Å². The summed E-state index contributed by atoms with van der Waals surface area (Å²) < 4.78 is 7.68. The predicted octanol–water partition coefficient (Wildman–Crippen LogP) is 1.77. The lowest BCUT2D eigenvalue weighted by molar-refractivity contribution is -0.126. The number of ether oxygens (including phenoxy) is 1. The van der Waals surface area contributed by atoms with E-state index in [1.165, 1.54) is 0 Å². The number of carbonyl (C=O) groups is 1. The Morgan fingerprint density at radius 3 is 3.19 bits per heavy atom. The second kappa shape index (κ2) is 5.99. The Hall–Kier alpha value is -2.30. The van der Waals surface area contributed by atoms with E-state index in [1.807, 2.05) is 28.8 Å². The molecule has 1 atom stereocenters. The molecular formula is C16H19N3O2. The molecule has 0 fully saturated rings. The number of aryl methyl sites for hydroxylation is 1. The van der Waals surface area contributed by atoms with E-state index in [1.54, 1.807) is 12.5 Å². The molecular weight excluding hydrogens is 266 g/mol. The molecule has 2 aromatic rings. The highest BCUT2D eigenvalue weighted by atomic mass is 16.5. The fourth-order valence-corrected chi connectivity index (χ4v) is 2.60. The normalized spacial score (nSPS) is 16.9. The van der Waals surface area contributed by atoms with E-state index in [0.717, 1.165) is 30.0 Å². The minimum Gasteiger partial charge on any atom is -0.492 e. The molecule has 5 nitrogen and oxygen atoms in total. The van der Waals surface area contributed by atoms with Gasteiger partial charge in [0.15, 0.2) is 0 Å². The number of carbonyl (C=O) groups excluding carboxylic acids is 1. The number of nitrogens with zero attached hydrogens (tertiary/aromatic N) is 2. The van der Waals surface area contributed by atoms with Gasteiger partial charge >= 0.3 is 0 Å². The number of hydrogen-bond donors (Lipinski definition) is 1. The number of fused-ring (bicyclic) bond motifs is 1. The highest BCUT2D eigenvalue weighted by Crippen LogP contribution is 2.26. The third-order valence-corrected chi connectivity index (χ3v) is 3.83. The van der Waals surface area contributed by atoms with Crippen molar-refractivity contribution in [2.75, 3.05) is 6.61 Å². The van der Waals surface area contributed by atoms with Crippen LogP contribution in [-0.4, -0.2) is 22.1 Å². The van der Waals surface area contributed by atoms with Crippen LogP contribution in [0.3, 0.4) is 0 Å². The fourth-order valence-electron chi connectivity index (χ4n) is 2.60. The summed E-state index contributed by atoms with van der Waals surface area (Å²) in [7, 11) is 0. The molecule has 1 unspecified atom stereocenters. The Kier molecular flexibility index (Phi) is 3.90. The van der Waals surface area contributed by atoms with E-state index in [9.17, 15) is 4.79 Å². The summed E-state index contributed by atoms with van der Waals surface area (Å²) in [6.45, 7) is 3.85. The van der Waals surface area contributed by atoms with Crippen molar-refractivity contribution in [2.24, 2.45) is 5.92 Å². The van der Waals surface area contributed by atoms with Crippen molar-refractivity contribution in [1.29, 1.82) is 0 Å². The smallest absolute Gasteiger partial charge is 0.227 e. The number of amides is 1. The molecule has 0 aliphatic carbocycles. The average molecular weight is 285 g/mol. The van der Waals surface area contributed by atoms with Crippen LogP contribution in [0.2, 0.25) is 0 Å². The molecule has 0 saturated heterocycles. The van der Waals surface area contributed by atoms with Crippen molar-refractivity contribution < 1.29 is 9.53 Å². The van der Waals surface area contributed by atoms with Gasteiger partial charge in [-0.1, -0.05) is 18.2 Å². The molecule has 0 saturated carbocycles. The van der Waals surface area contributed by atoms with Crippen LogP contribution in [0.1, 0.15) is 18.2 Å². The van der Waals surface area contributed by atoms with Gasteiger partial charge in [-0.3, -0.25) is 4.79 Å². The van der Waals surface area contributed by atoms with Crippen LogP contribution >= 0.6 is 0 Å². The first-order valence-electron chi connectivity index (χ1n) is 7.25. The first kappa shape index (κ1) is 13.7. The molecule has 0 bridgehead atoms. The summed E-state index contributed by atoms with van der Waals surface area (Å²) in [5.41, 5.74) is 2.12. The topological polar surface area (TPSA) is 56.2 Å². The summed E-state index contributed by atoms with van der Waals surface area (Å²) >= 11 is 0. The van der Waals surface area contributed by atoms with Crippen LogP contribution in [0.25, 0.3) is 0 Å². The molecule has 1 N–H and O–H groups in total. The lowest BCUT2D eigenvalue weighted by Crippen LogP contribution is -2.37. The first-order valence-corrected chi connectivity index (χ1v) is 7.25. The van der Waals surface area contributed by atoms with E-state index in [4.69, 9.17) is 4.74 Å². The maximum Gasteiger partial charge on any atom is 0.227 e. The van der Waals surface area contributed by atoms with E-state index < -0.39 is 0 Å². The Bertz CT molecular complexity index is 636. The van der Waals surface area contributed by atoms with Gasteiger partial charge in [-0.15, -0.1) is 0 Å². The number of imidazole rings is 1. The van der Waals surface area contributed by atoms with Crippen LogP contribution in [0.5, 0.6) is 5.75 Å². The maximum absolute atomic E-state index is 12.3. The quantitative estimate of drug-likeness (QED) is 0.931. The summed E-state index contributed by atoms with van der Waals surface area (Å²) in [6.07, 6.45) is 4.30. The van der Waals surface area contributed by atoms with Crippen LogP contribution in [0, 0.1) is 5.92 Å². The molecule has 110 valence electrons. The lowest BCUT2D eigenvalue weighted by Gasteiger charge is -2.24. The van der Waals surface area contributed by atoms with Gasteiger partial charge in [0, 0.05) is 12.7 Å². The van der Waals surface area contributed by atoms with Gasteiger partial charge in [0.05, 0.1) is 24.5 Å². The third-order valence-electron chi connectivity index (χ3n) is 3.83. The summed E-state index contributed by atoms with van der Waals surface area (Å²) in [5.74, 6) is 0.803. The van der Waals surface area contributed by atoms with E-state index in [-0.39, 0.29) is 11.8 Å². The highest BCUT2D eigenvalue weighted by Gasteiger charge is 2.25. The SMILES string of the molecule is CCn1cncc1CNC(=O)C1COc2ccccc2C1. The molecule has 1 aromatic carbocycles. The molecule has 1 aromatic heterocycles. The Labute approximate surface area is 124 Å². The van der Waals surface area contributed by atoms with Gasteiger partial charge in [-0.2, -0.15) is 0 Å². The average Bonchev–Trinajstić information content (AvgIpc) is 2.99. The molecule has 0 spiro atoms. The summed E-state index contributed by atoms with van der Waals surface area (Å²) in [4.78, 5) is 16.4. The zero-order chi connectivity index (χ0) is 14.7. The molecule has 1 amide bonds. The second-order valence-corrected chi connectivity index (χ2v) is 5.21. The van der Waals surface area contributed by atoms with Crippen molar-refractivity contribution in [2.45, 2.75) is 26.4 Å². The second-order valence-electron chi connectivity index (χ2n) is 5.21. The molecule has 1 aliphatic heterocycles. The first-order chi connectivity index (χ1) is 10.3. The number of benzene rings is 1. The maximum atomic E-state index is 12.3. The van der Waals surface area contributed by atoms with Gasteiger partial charge in [0.1, 0.15) is 12.4 Å². The van der Waals surface area contributed by atoms with Crippen molar-refractivity contribution in [3.8, 4) is 5.75 Å². The van der Waals surface area contributed by atoms with Crippen molar-refractivity contribution in [1.82, 2.24) is 14.9 Å². The molecule has 0 radical (unpaired) electrons. The third kappa shape index (κ3) is 2.91. The number of para-hydroxylation sites is 1. The minimum atomic E-state index is -0.127. The molecule has 3 rings (SSSR count). The Balaban J connectivity index is 1.60. The van der Waals surface area contributed by atoms with Gasteiger partial charge in [-0.05, 0) is 25.0 Å². The molecule has 2 heterocycles. The number of rotatable bonds is 4. The minimum absolute atomic E-state index is 0.0355. The van der Waals surface area contributed by atoms with Gasteiger partial charge in [-0.25, -0.2) is 4.98 Å². The van der Waals surface area contributed by atoms with Crippen molar-refractivity contribution in [3.05, 3.63) is 48.0 Å². The predicted molar refractivity (Wildman–Crippen MR) is 78.9 cm³/mol. The zero-order valence-electron chi connectivity index (χ0n) is 12.1. The van der Waals surface area contributed by atoms with Crippen molar-refractivity contribution in [3.63, 3.8) is 0 Å². The van der Waals surface area contributed by atoms with Gasteiger partial charge in [0.2, 0.25) is 5.91 Å². The summed E-state index contributed by atoms with van der Waals surface area (Å²) in [5, 5.41) is 2.98. The van der Waals surface area contributed by atoms with E-state index in [0.29, 0.717) is 13.2 Å².